The van der Waals surface area contributed by atoms with E-state index in [1.54, 1.807) is 0 Å². The number of carbonyl (C=O) groups excluding carboxylic acids is 1. The van der Waals surface area contributed by atoms with Gasteiger partial charge in [0, 0.05) is 13.0 Å². The molecular weight excluding hydrogens is 501 g/mol. The first-order chi connectivity index (χ1) is 18.6. The molecule has 7 nitrogen and oxygen atoms in total. The van der Waals surface area contributed by atoms with Crippen LogP contribution in [0.3, 0.4) is 0 Å². The van der Waals surface area contributed by atoms with Crippen LogP contribution in [0.1, 0.15) is 109 Å². The van der Waals surface area contributed by atoms with E-state index in [1.807, 2.05) is 26.1 Å². The third-order valence-electron chi connectivity index (χ3n) is 6.36. The minimum Gasteiger partial charge on any atom is -0.494 e. The van der Waals surface area contributed by atoms with Crippen LogP contribution in [0.15, 0.2) is 24.3 Å². The monoisotopic (exact) mass is 555 g/mol. The SMILES string of the molecule is CCCCCCCCCCCCOc1ccc(CCCC(COP(O)OCCNC)OC(=O)CCC)cc1. The lowest BCUT2D eigenvalue weighted by molar-refractivity contribution is -0.151. The van der Waals surface area contributed by atoms with Crippen LogP contribution < -0.4 is 10.1 Å². The van der Waals surface area contributed by atoms with Crippen LogP contribution in [0.25, 0.3) is 0 Å². The molecule has 0 bridgehead atoms. The molecule has 0 heterocycles. The Morgan fingerprint density at radius 1 is 0.868 bits per heavy atom. The van der Waals surface area contributed by atoms with Gasteiger partial charge in [0.2, 0.25) is 0 Å². The Kier molecular flexibility index (Phi) is 22.7. The van der Waals surface area contributed by atoms with Crippen LogP contribution in [0.2, 0.25) is 0 Å². The highest BCUT2D eigenvalue weighted by molar-refractivity contribution is 7.40. The van der Waals surface area contributed by atoms with Gasteiger partial charge in [-0.25, -0.2) is 0 Å². The van der Waals surface area contributed by atoms with E-state index >= 15 is 0 Å². The van der Waals surface area contributed by atoms with E-state index in [1.165, 1.54) is 63.4 Å². The number of hydrogen-bond acceptors (Lipinski definition) is 7. The molecule has 1 aromatic rings. The van der Waals surface area contributed by atoms with Crippen LogP contribution in [0.4, 0.5) is 0 Å². The molecule has 2 N–H and O–H groups in total. The number of aryl methyl sites for hydroxylation is 1. The number of nitrogens with one attached hydrogen (secondary N) is 1. The molecule has 0 spiro atoms. The number of rotatable bonds is 26. The summed E-state index contributed by atoms with van der Waals surface area (Å²) in [6.45, 7) is 6.09. The van der Waals surface area contributed by atoms with Crippen molar-refractivity contribution in [3.8, 4) is 5.75 Å². The number of unbranched alkanes of at least 4 members (excludes halogenated alkanes) is 9. The average molecular weight is 556 g/mol. The highest BCUT2D eigenvalue weighted by atomic mass is 31.2. The average Bonchev–Trinajstić information content (AvgIpc) is 2.91. The van der Waals surface area contributed by atoms with E-state index in [4.69, 9.17) is 18.5 Å². The van der Waals surface area contributed by atoms with Gasteiger partial charge in [-0.2, -0.15) is 0 Å². The predicted molar refractivity (Wildman–Crippen MR) is 156 cm³/mol. The third-order valence-corrected chi connectivity index (χ3v) is 7.13. The predicted octanol–water partition coefficient (Wildman–Crippen LogP) is 7.49. The maximum atomic E-state index is 12.0. The molecule has 0 aliphatic heterocycles. The topological polar surface area (TPSA) is 86.2 Å². The zero-order valence-electron chi connectivity index (χ0n) is 24.3. The van der Waals surface area contributed by atoms with Crippen molar-refractivity contribution < 1.29 is 28.2 Å². The molecule has 1 rings (SSSR count). The minimum atomic E-state index is -1.98. The van der Waals surface area contributed by atoms with Crippen molar-refractivity contribution in [2.45, 2.75) is 116 Å². The lowest BCUT2D eigenvalue weighted by Gasteiger charge is -2.19. The molecule has 0 aliphatic carbocycles. The Balaban J connectivity index is 2.25. The number of benzene rings is 1. The fourth-order valence-electron chi connectivity index (χ4n) is 4.10. The van der Waals surface area contributed by atoms with Crippen LogP contribution >= 0.6 is 8.60 Å². The Labute approximate surface area is 233 Å². The minimum absolute atomic E-state index is 0.128. The lowest BCUT2D eigenvalue weighted by Crippen LogP contribution is -2.23. The fraction of sp³-hybridized carbons (Fsp3) is 0.767. The van der Waals surface area contributed by atoms with E-state index in [9.17, 15) is 9.69 Å². The summed E-state index contributed by atoms with van der Waals surface area (Å²) in [5, 5.41) is 2.94. The molecule has 2 atom stereocenters. The van der Waals surface area contributed by atoms with Gasteiger partial charge in [0.1, 0.15) is 11.9 Å². The van der Waals surface area contributed by atoms with Gasteiger partial charge in [-0.3, -0.25) is 4.79 Å². The van der Waals surface area contributed by atoms with Gasteiger partial charge in [-0.15, -0.1) is 0 Å². The smallest absolute Gasteiger partial charge is 0.330 e. The normalized spacial score (nSPS) is 12.8. The van der Waals surface area contributed by atoms with Gasteiger partial charge in [0.15, 0.2) is 0 Å². The molecule has 1 aromatic carbocycles. The maximum Gasteiger partial charge on any atom is 0.330 e. The van der Waals surface area contributed by atoms with Gasteiger partial charge in [0.25, 0.3) is 0 Å². The highest BCUT2D eigenvalue weighted by Gasteiger charge is 2.17. The van der Waals surface area contributed by atoms with Gasteiger partial charge >= 0.3 is 14.6 Å². The number of hydrogen-bond donors (Lipinski definition) is 2. The van der Waals surface area contributed by atoms with E-state index in [-0.39, 0.29) is 12.6 Å². The number of carbonyl (C=O) groups is 1. The maximum absolute atomic E-state index is 12.0. The molecule has 220 valence electrons. The number of likely N-dealkylation sites (N-methyl/N-ethyl adjacent to an activating group) is 1. The molecule has 0 aromatic heterocycles. The Morgan fingerprint density at radius 2 is 1.53 bits per heavy atom. The van der Waals surface area contributed by atoms with Crippen molar-refractivity contribution >= 4 is 14.6 Å². The van der Waals surface area contributed by atoms with E-state index < -0.39 is 14.7 Å². The Hall–Kier alpha value is -1.24. The summed E-state index contributed by atoms with van der Waals surface area (Å²) < 4.78 is 22.1. The zero-order chi connectivity index (χ0) is 27.7. The molecule has 0 amide bonds. The molecule has 38 heavy (non-hydrogen) atoms. The van der Waals surface area contributed by atoms with Crippen molar-refractivity contribution in [1.29, 1.82) is 0 Å². The van der Waals surface area contributed by atoms with Crippen molar-refractivity contribution in [1.82, 2.24) is 5.32 Å². The summed E-state index contributed by atoms with van der Waals surface area (Å²) >= 11 is 0. The van der Waals surface area contributed by atoms with Crippen LogP contribution in [-0.2, 0) is 25.0 Å². The first kappa shape index (κ1) is 34.8. The van der Waals surface area contributed by atoms with Crippen molar-refractivity contribution in [2.24, 2.45) is 0 Å². The molecule has 0 aliphatic rings. The van der Waals surface area contributed by atoms with Crippen LogP contribution in [0, 0.1) is 0 Å². The van der Waals surface area contributed by atoms with E-state index in [0.29, 0.717) is 26.0 Å². The summed E-state index contributed by atoms with van der Waals surface area (Å²) in [5.74, 6) is 0.683. The summed E-state index contributed by atoms with van der Waals surface area (Å²) in [6, 6.07) is 8.28. The third kappa shape index (κ3) is 19.8. The number of esters is 1. The van der Waals surface area contributed by atoms with E-state index in [2.05, 4.69) is 24.4 Å². The molecule has 0 fully saturated rings. The van der Waals surface area contributed by atoms with Crippen LogP contribution in [0.5, 0.6) is 5.75 Å². The Bertz CT molecular complexity index is 675. The fourth-order valence-corrected chi connectivity index (χ4v) is 4.72. The Morgan fingerprint density at radius 3 is 2.16 bits per heavy atom. The zero-order valence-corrected chi connectivity index (χ0v) is 25.2. The molecular formula is C30H54NO6P. The summed E-state index contributed by atoms with van der Waals surface area (Å²) in [6.07, 6.45) is 16.3. The summed E-state index contributed by atoms with van der Waals surface area (Å²) in [4.78, 5) is 21.9. The lowest BCUT2D eigenvalue weighted by atomic mass is 10.1. The van der Waals surface area contributed by atoms with E-state index in [0.717, 1.165) is 38.0 Å². The van der Waals surface area contributed by atoms with Gasteiger partial charge in [-0.05, 0) is 56.8 Å². The summed E-state index contributed by atoms with van der Waals surface area (Å²) in [5.41, 5.74) is 1.22. The van der Waals surface area contributed by atoms with Crippen LogP contribution in [-0.4, -0.2) is 50.4 Å². The van der Waals surface area contributed by atoms with Crippen molar-refractivity contribution in [3.63, 3.8) is 0 Å². The largest absolute Gasteiger partial charge is 0.494 e. The first-order valence-corrected chi connectivity index (χ1v) is 16.0. The second-order valence-corrected chi connectivity index (χ2v) is 10.9. The van der Waals surface area contributed by atoms with Crippen molar-refractivity contribution in [2.75, 3.05) is 33.4 Å². The molecule has 8 heteroatoms. The molecule has 0 saturated heterocycles. The van der Waals surface area contributed by atoms with Gasteiger partial charge in [-0.1, -0.05) is 83.8 Å². The van der Waals surface area contributed by atoms with Crippen molar-refractivity contribution in [3.05, 3.63) is 29.8 Å². The van der Waals surface area contributed by atoms with Gasteiger partial charge in [0.05, 0.1) is 19.8 Å². The second-order valence-electron chi connectivity index (χ2n) is 9.90. The molecule has 2 unspecified atom stereocenters. The molecule has 0 radical (unpaired) electrons. The standard InChI is InChI=1S/C30H54NO6P/c1-4-6-7-8-9-10-11-12-13-14-24-34-28-21-19-27(20-22-28)17-15-18-29(37-30(32)16-5-2)26-36-38(33)35-25-23-31-3/h19-22,29,31,33H,4-18,23-26H2,1-3H3. The number of ether oxygens (including phenoxy) is 2. The molecule has 0 saturated carbocycles. The quantitative estimate of drug-likeness (QED) is 0.0696. The highest BCUT2D eigenvalue weighted by Crippen LogP contribution is 2.33. The second kappa shape index (κ2) is 24.8. The van der Waals surface area contributed by atoms with Gasteiger partial charge < -0.3 is 28.7 Å². The summed E-state index contributed by atoms with van der Waals surface area (Å²) in [7, 11) is -0.167. The first-order valence-electron chi connectivity index (χ1n) is 14.9.